The summed E-state index contributed by atoms with van der Waals surface area (Å²) in [4.78, 5) is 23.5. The molecule has 0 aromatic heterocycles. The smallest absolute Gasteiger partial charge is 0.226 e. The molecule has 1 amide bonds. The molecule has 0 radical (unpaired) electrons. The maximum Gasteiger partial charge on any atom is 0.226 e. The lowest BCUT2D eigenvalue weighted by Crippen LogP contribution is -2.21. The Morgan fingerprint density at radius 2 is 1.24 bits per heavy atom. The van der Waals surface area contributed by atoms with Crippen LogP contribution in [0, 0.1) is 11.8 Å². The van der Waals surface area contributed by atoms with Crippen molar-refractivity contribution < 1.29 is 14.3 Å². The summed E-state index contributed by atoms with van der Waals surface area (Å²) < 4.78 is 4.94. The maximum absolute atomic E-state index is 11.2. The topological polar surface area (TPSA) is 84.7 Å². The van der Waals surface area contributed by atoms with Crippen LogP contribution in [-0.4, -0.2) is 48.9 Å². The van der Waals surface area contributed by atoms with Crippen LogP contribution in [0.15, 0.2) is 60.7 Å². The van der Waals surface area contributed by atoms with Crippen molar-refractivity contribution in [2.75, 3.05) is 43.9 Å². The number of rotatable bonds is 6. The number of hydrogen-bond acceptors (Lipinski definition) is 5. The zero-order valence-corrected chi connectivity index (χ0v) is 24.8. The number of anilines is 2. The molecule has 1 aliphatic heterocycles. The van der Waals surface area contributed by atoms with Gasteiger partial charge in [0, 0.05) is 36.4 Å². The van der Waals surface area contributed by atoms with E-state index >= 15 is 0 Å². The van der Waals surface area contributed by atoms with Crippen molar-refractivity contribution >= 4 is 34.1 Å². The van der Waals surface area contributed by atoms with Crippen LogP contribution in [0.25, 0.3) is 0 Å². The molecule has 1 heterocycles. The highest BCUT2D eigenvalue weighted by atomic mass is 35.5. The average molecular weight is 536 g/mol. The summed E-state index contributed by atoms with van der Waals surface area (Å²) in [5.74, 6) is 0.0677. The number of nitrogen functional groups attached to an aromatic ring is 1. The number of nitrogens with zero attached hydrogens (tertiary/aromatic N) is 1. The number of amides is 1. The lowest BCUT2D eigenvalue weighted by Gasteiger charge is -2.13. The molecule has 7 heteroatoms. The van der Waals surface area contributed by atoms with Crippen LogP contribution in [0.5, 0.6) is 0 Å². The van der Waals surface area contributed by atoms with Crippen molar-refractivity contribution in [3.8, 4) is 0 Å². The minimum atomic E-state index is -0.269. The predicted octanol–water partition coefficient (Wildman–Crippen LogP) is 7.10. The first-order valence-corrected chi connectivity index (χ1v) is 13.6. The molecule has 3 rings (SSSR count). The van der Waals surface area contributed by atoms with E-state index in [9.17, 15) is 9.59 Å². The fraction of sp³-hybridized carbons (Fsp3) is 0.533. The van der Waals surface area contributed by atoms with E-state index < -0.39 is 0 Å². The SMILES string of the molecule is C1CCOC1.CC(C)C(=O)Cl.CC(C)C(=O)Nc1ccccc1.CCN(CC)CC.Nc1ccccc1. The van der Waals surface area contributed by atoms with Crippen molar-refractivity contribution in [3.05, 3.63) is 60.7 Å². The van der Waals surface area contributed by atoms with Crippen molar-refractivity contribution in [1.82, 2.24) is 4.90 Å². The van der Waals surface area contributed by atoms with E-state index in [2.05, 4.69) is 31.0 Å². The molecular formula is C30H50ClN3O3. The van der Waals surface area contributed by atoms with Gasteiger partial charge in [0.25, 0.3) is 0 Å². The Hall–Kier alpha value is -2.41. The van der Waals surface area contributed by atoms with Crippen LogP contribution in [0.4, 0.5) is 11.4 Å². The summed E-state index contributed by atoms with van der Waals surface area (Å²) in [5, 5.41) is 2.53. The van der Waals surface area contributed by atoms with Crippen LogP contribution in [0.1, 0.15) is 61.3 Å². The Morgan fingerprint density at radius 1 is 0.838 bits per heavy atom. The molecule has 0 unspecified atom stereocenters. The Labute approximate surface area is 230 Å². The number of nitrogens with two attached hydrogens (primary N) is 1. The van der Waals surface area contributed by atoms with Gasteiger partial charge in [0.05, 0.1) is 0 Å². The van der Waals surface area contributed by atoms with Crippen LogP contribution < -0.4 is 11.1 Å². The summed E-state index contributed by atoms with van der Waals surface area (Å²) in [6.45, 7) is 19.4. The molecule has 210 valence electrons. The van der Waals surface area contributed by atoms with Crippen molar-refractivity contribution in [2.24, 2.45) is 11.8 Å². The minimum Gasteiger partial charge on any atom is -0.399 e. The van der Waals surface area contributed by atoms with E-state index in [-0.39, 0.29) is 23.0 Å². The molecule has 0 bridgehead atoms. The second-order valence-electron chi connectivity index (χ2n) is 8.82. The molecule has 1 aliphatic rings. The number of nitrogens with one attached hydrogen (secondary N) is 1. The number of halogens is 1. The van der Waals surface area contributed by atoms with Gasteiger partial charge in [0.15, 0.2) is 0 Å². The zero-order valence-electron chi connectivity index (χ0n) is 24.0. The molecule has 3 N–H and O–H groups in total. The number of para-hydroxylation sites is 2. The normalized spacial score (nSPS) is 11.5. The van der Waals surface area contributed by atoms with Gasteiger partial charge in [0.1, 0.15) is 0 Å². The summed E-state index contributed by atoms with van der Waals surface area (Å²) in [6.07, 6.45) is 2.56. The molecule has 0 saturated carbocycles. The number of benzene rings is 2. The summed E-state index contributed by atoms with van der Waals surface area (Å²) in [5.41, 5.74) is 7.04. The van der Waals surface area contributed by atoms with E-state index in [1.807, 2.05) is 74.5 Å². The second-order valence-corrected chi connectivity index (χ2v) is 9.19. The summed E-state index contributed by atoms with van der Waals surface area (Å²) >= 11 is 4.97. The van der Waals surface area contributed by atoms with Crippen LogP contribution in [0.2, 0.25) is 0 Å². The van der Waals surface area contributed by atoms with E-state index in [0.29, 0.717) is 0 Å². The van der Waals surface area contributed by atoms with Crippen LogP contribution in [0.3, 0.4) is 0 Å². The fourth-order valence-corrected chi connectivity index (χ4v) is 2.44. The minimum absolute atomic E-state index is 0.0216. The monoisotopic (exact) mass is 535 g/mol. The highest BCUT2D eigenvalue weighted by Crippen LogP contribution is 2.06. The lowest BCUT2D eigenvalue weighted by molar-refractivity contribution is -0.119. The van der Waals surface area contributed by atoms with Gasteiger partial charge >= 0.3 is 0 Å². The maximum atomic E-state index is 11.2. The Balaban J connectivity index is 0. The molecule has 2 aromatic rings. The number of carbonyl (C=O) groups excluding carboxylic acids is 2. The first kappa shape index (κ1) is 36.7. The largest absolute Gasteiger partial charge is 0.399 e. The van der Waals surface area contributed by atoms with Crippen molar-refractivity contribution in [2.45, 2.75) is 61.3 Å². The van der Waals surface area contributed by atoms with Gasteiger partial charge in [-0.25, -0.2) is 0 Å². The van der Waals surface area contributed by atoms with Gasteiger partial charge in [-0.1, -0.05) is 84.9 Å². The van der Waals surface area contributed by atoms with Gasteiger partial charge in [-0.05, 0) is 68.3 Å². The van der Waals surface area contributed by atoms with Gasteiger partial charge in [-0.15, -0.1) is 0 Å². The molecular weight excluding hydrogens is 486 g/mol. The third-order valence-corrected chi connectivity index (χ3v) is 5.42. The van der Waals surface area contributed by atoms with Crippen molar-refractivity contribution in [1.29, 1.82) is 0 Å². The Bertz CT molecular complexity index is 766. The first-order valence-electron chi connectivity index (χ1n) is 13.2. The number of carbonyl (C=O) groups is 2. The summed E-state index contributed by atoms with van der Waals surface area (Å²) in [7, 11) is 0. The van der Waals surface area contributed by atoms with Crippen molar-refractivity contribution in [3.63, 3.8) is 0 Å². The zero-order chi connectivity index (χ0) is 28.5. The lowest BCUT2D eigenvalue weighted by atomic mass is 10.2. The molecule has 2 aromatic carbocycles. The van der Waals surface area contributed by atoms with Gasteiger partial charge in [-0.3, -0.25) is 9.59 Å². The Morgan fingerprint density at radius 3 is 1.46 bits per heavy atom. The summed E-state index contributed by atoms with van der Waals surface area (Å²) in [6, 6.07) is 19.0. The highest BCUT2D eigenvalue weighted by molar-refractivity contribution is 6.63. The average Bonchev–Trinajstić information content (AvgIpc) is 3.48. The first-order chi connectivity index (χ1) is 17.6. The van der Waals surface area contributed by atoms with E-state index in [0.717, 1.165) is 24.6 Å². The van der Waals surface area contributed by atoms with Crippen LogP contribution in [-0.2, 0) is 14.3 Å². The van der Waals surface area contributed by atoms with E-state index in [4.69, 9.17) is 22.1 Å². The van der Waals surface area contributed by atoms with E-state index in [1.54, 1.807) is 13.8 Å². The van der Waals surface area contributed by atoms with E-state index in [1.165, 1.54) is 32.5 Å². The van der Waals surface area contributed by atoms with Crippen LogP contribution >= 0.6 is 11.6 Å². The predicted molar refractivity (Wildman–Crippen MR) is 160 cm³/mol. The highest BCUT2D eigenvalue weighted by Gasteiger charge is 2.05. The molecule has 1 saturated heterocycles. The molecule has 37 heavy (non-hydrogen) atoms. The quantitative estimate of drug-likeness (QED) is 0.304. The van der Waals surface area contributed by atoms with Gasteiger partial charge in [-0.2, -0.15) is 0 Å². The molecule has 0 aliphatic carbocycles. The third kappa shape index (κ3) is 25.0. The molecule has 0 atom stereocenters. The number of ether oxygens (including phenoxy) is 1. The molecule has 1 fully saturated rings. The third-order valence-electron chi connectivity index (χ3n) is 4.99. The number of hydrogen-bond donors (Lipinski definition) is 2. The van der Waals surface area contributed by atoms with Gasteiger partial charge < -0.3 is 20.7 Å². The Kier molecular flexibility index (Phi) is 25.1. The standard InChI is InChI=1S/C10H13NO.C6H7N.C6H15N.C4H7ClO.C4H8O/c1-8(2)10(12)11-9-6-4-3-5-7-9;7-6-4-2-1-3-5-6;1-4-7(5-2)6-3;1-3(2)4(5)6;1-2-4-5-3-1/h3-8H,1-2H3,(H,11,12);1-5H,7H2;4-6H2,1-3H3;3H,1-2H3;1-4H2. The molecule has 0 spiro atoms. The molecule has 6 nitrogen and oxygen atoms in total. The fourth-order valence-electron chi connectivity index (χ4n) is 2.44. The second kappa shape index (κ2) is 25.2. The van der Waals surface area contributed by atoms with Gasteiger partial charge in [0.2, 0.25) is 11.1 Å².